The van der Waals surface area contributed by atoms with Gasteiger partial charge < -0.3 is 0 Å². The maximum Gasteiger partial charge on any atom is 0.0675 e. The Bertz CT molecular complexity index is 1300. The van der Waals surface area contributed by atoms with E-state index in [4.69, 9.17) is 10.2 Å². The standard InChI is InChI=1S/C30H30N4/c1-21-29(27-11-7-5-8-12-27)23(3)33(31-21)19-25-15-17-26(18-16-25)20-34-24(4)30(22(2)32-34)28-13-9-6-10-14-28/h5-18H,19-20H2,1-4H3. The molecule has 4 heteroatoms. The van der Waals surface area contributed by atoms with Crippen LogP contribution in [0.1, 0.15) is 33.9 Å². The number of aryl methyl sites for hydroxylation is 2. The highest BCUT2D eigenvalue weighted by Crippen LogP contribution is 2.28. The van der Waals surface area contributed by atoms with E-state index in [1.807, 2.05) is 0 Å². The molecule has 0 amide bonds. The molecular formula is C30H30N4. The van der Waals surface area contributed by atoms with Gasteiger partial charge in [-0.1, -0.05) is 84.9 Å². The van der Waals surface area contributed by atoms with Crippen molar-refractivity contribution in [3.63, 3.8) is 0 Å². The van der Waals surface area contributed by atoms with Gasteiger partial charge in [-0.15, -0.1) is 0 Å². The van der Waals surface area contributed by atoms with Gasteiger partial charge in [-0.25, -0.2) is 0 Å². The Morgan fingerprint density at radius 1 is 0.500 bits per heavy atom. The average Bonchev–Trinajstić information content (AvgIpc) is 3.29. The molecule has 0 radical (unpaired) electrons. The predicted molar refractivity (Wildman–Crippen MR) is 139 cm³/mol. The number of nitrogens with zero attached hydrogens (tertiary/aromatic N) is 4. The van der Waals surface area contributed by atoms with Crippen LogP contribution in [-0.2, 0) is 13.1 Å². The van der Waals surface area contributed by atoms with Gasteiger partial charge in [0.1, 0.15) is 0 Å². The second-order valence-corrected chi connectivity index (χ2v) is 8.96. The molecule has 0 N–H and O–H groups in total. The van der Waals surface area contributed by atoms with Gasteiger partial charge in [0, 0.05) is 22.5 Å². The van der Waals surface area contributed by atoms with Crippen molar-refractivity contribution in [1.29, 1.82) is 0 Å². The fourth-order valence-corrected chi connectivity index (χ4v) is 4.84. The van der Waals surface area contributed by atoms with Crippen LogP contribution in [-0.4, -0.2) is 19.6 Å². The molecule has 3 aromatic carbocycles. The lowest BCUT2D eigenvalue weighted by atomic mass is 10.0. The van der Waals surface area contributed by atoms with Gasteiger partial charge in [-0.3, -0.25) is 9.36 Å². The molecule has 2 aromatic heterocycles. The summed E-state index contributed by atoms with van der Waals surface area (Å²) < 4.78 is 4.22. The van der Waals surface area contributed by atoms with Gasteiger partial charge >= 0.3 is 0 Å². The van der Waals surface area contributed by atoms with Gasteiger partial charge in [0.05, 0.1) is 24.5 Å². The van der Waals surface area contributed by atoms with E-state index in [2.05, 4.69) is 122 Å². The van der Waals surface area contributed by atoms with Crippen molar-refractivity contribution in [3.05, 3.63) is 119 Å². The molecule has 0 aliphatic heterocycles. The van der Waals surface area contributed by atoms with Crippen LogP contribution in [0, 0.1) is 27.7 Å². The van der Waals surface area contributed by atoms with E-state index < -0.39 is 0 Å². The molecule has 0 saturated heterocycles. The van der Waals surface area contributed by atoms with Crippen molar-refractivity contribution >= 4 is 0 Å². The number of benzene rings is 3. The minimum absolute atomic E-state index is 0.762. The number of rotatable bonds is 6. The zero-order valence-corrected chi connectivity index (χ0v) is 20.3. The van der Waals surface area contributed by atoms with Crippen molar-refractivity contribution in [3.8, 4) is 22.3 Å². The molecule has 0 aliphatic rings. The molecule has 5 aromatic rings. The topological polar surface area (TPSA) is 35.6 Å². The van der Waals surface area contributed by atoms with Gasteiger partial charge in [0.15, 0.2) is 0 Å². The Balaban J connectivity index is 1.34. The maximum absolute atomic E-state index is 4.83. The molecule has 0 aliphatic carbocycles. The number of aromatic nitrogens is 4. The van der Waals surface area contributed by atoms with E-state index in [0.717, 1.165) is 24.5 Å². The zero-order chi connectivity index (χ0) is 23.7. The monoisotopic (exact) mass is 446 g/mol. The second kappa shape index (κ2) is 9.14. The highest BCUT2D eigenvalue weighted by Gasteiger charge is 2.15. The van der Waals surface area contributed by atoms with Crippen LogP contribution in [0.2, 0.25) is 0 Å². The molecule has 0 spiro atoms. The lowest BCUT2D eigenvalue weighted by molar-refractivity contribution is 0.652. The molecular weight excluding hydrogens is 416 g/mol. The lowest BCUT2D eigenvalue weighted by Gasteiger charge is -2.09. The summed E-state index contributed by atoms with van der Waals surface area (Å²) in [6.07, 6.45) is 0. The predicted octanol–water partition coefficient (Wildman–Crippen LogP) is 6.74. The Kier molecular flexibility index (Phi) is 5.89. The summed E-state index contributed by atoms with van der Waals surface area (Å²) in [5.74, 6) is 0. The number of hydrogen-bond acceptors (Lipinski definition) is 2. The third-order valence-corrected chi connectivity index (χ3v) is 6.58. The first-order valence-corrected chi connectivity index (χ1v) is 11.8. The largest absolute Gasteiger partial charge is 0.265 e. The van der Waals surface area contributed by atoms with Crippen LogP contribution in [0.25, 0.3) is 22.3 Å². The molecule has 0 saturated carbocycles. The van der Waals surface area contributed by atoms with Crippen LogP contribution in [0.4, 0.5) is 0 Å². The fourth-order valence-electron chi connectivity index (χ4n) is 4.84. The van der Waals surface area contributed by atoms with Gasteiger partial charge in [0.2, 0.25) is 0 Å². The summed E-state index contributed by atoms with van der Waals surface area (Å²) in [7, 11) is 0. The lowest BCUT2D eigenvalue weighted by Crippen LogP contribution is -2.06. The normalized spacial score (nSPS) is 11.2. The van der Waals surface area contributed by atoms with Gasteiger partial charge in [-0.05, 0) is 49.9 Å². The summed E-state index contributed by atoms with van der Waals surface area (Å²) in [5, 5.41) is 9.65. The van der Waals surface area contributed by atoms with E-state index in [9.17, 15) is 0 Å². The van der Waals surface area contributed by atoms with E-state index in [0.29, 0.717) is 0 Å². The van der Waals surface area contributed by atoms with Crippen LogP contribution >= 0.6 is 0 Å². The van der Waals surface area contributed by atoms with E-state index in [1.54, 1.807) is 0 Å². The Labute approximate surface area is 201 Å². The minimum atomic E-state index is 0.762. The SMILES string of the molecule is Cc1nn(Cc2ccc(Cn3nc(C)c(-c4ccccc4)c3C)cc2)c(C)c1-c1ccccc1. The average molecular weight is 447 g/mol. The molecule has 0 atom stereocenters. The molecule has 2 heterocycles. The first-order valence-electron chi connectivity index (χ1n) is 11.8. The highest BCUT2D eigenvalue weighted by atomic mass is 15.3. The first kappa shape index (κ1) is 21.9. The molecule has 170 valence electrons. The van der Waals surface area contributed by atoms with Crippen molar-refractivity contribution in [2.75, 3.05) is 0 Å². The molecule has 0 fully saturated rings. The number of hydrogen-bond donors (Lipinski definition) is 0. The van der Waals surface area contributed by atoms with Crippen molar-refractivity contribution in [2.24, 2.45) is 0 Å². The molecule has 0 bridgehead atoms. The van der Waals surface area contributed by atoms with Crippen molar-refractivity contribution in [1.82, 2.24) is 19.6 Å². The fraction of sp³-hybridized carbons (Fsp3) is 0.200. The smallest absolute Gasteiger partial charge is 0.0675 e. The summed E-state index contributed by atoms with van der Waals surface area (Å²) in [5.41, 5.74) is 11.9. The van der Waals surface area contributed by atoms with Crippen LogP contribution in [0.3, 0.4) is 0 Å². The molecule has 34 heavy (non-hydrogen) atoms. The molecule has 4 nitrogen and oxygen atoms in total. The van der Waals surface area contributed by atoms with E-state index in [1.165, 1.54) is 44.8 Å². The summed E-state index contributed by atoms with van der Waals surface area (Å²) >= 11 is 0. The Hall–Kier alpha value is -3.92. The van der Waals surface area contributed by atoms with Crippen LogP contribution in [0.15, 0.2) is 84.9 Å². The van der Waals surface area contributed by atoms with Crippen molar-refractivity contribution in [2.45, 2.75) is 40.8 Å². The van der Waals surface area contributed by atoms with E-state index >= 15 is 0 Å². The third-order valence-electron chi connectivity index (χ3n) is 6.58. The van der Waals surface area contributed by atoms with Gasteiger partial charge in [0.25, 0.3) is 0 Å². The van der Waals surface area contributed by atoms with Crippen LogP contribution < -0.4 is 0 Å². The quantitative estimate of drug-likeness (QED) is 0.289. The molecule has 0 unspecified atom stereocenters. The zero-order valence-electron chi connectivity index (χ0n) is 20.3. The summed E-state index contributed by atoms with van der Waals surface area (Å²) in [6.45, 7) is 10.0. The first-order chi connectivity index (χ1) is 16.5. The van der Waals surface area contributed by atoms with E-state index in [-0.39, 0.29) is 0 Å². The Morgan fingerprint density at radius 3 is 1.21 bits per heavy atom. The van der Waals surface area contributed by atoms with Crippen molar-refractivity contribution < 1.29 is 0 Å². The minimum Gasteiger partial charge on any atom is -0.265 e. The summed E-state index contributed by atoms with van der Waals surface area (Å²) in [4.78, 5) is 0. The molecule has 5 rings (SSSR count). The highest BCUT2D eigenvalue weighted by molar-refractivity contribution is 5.69. The third kappa shape index (κ3) is 4.19. The van der Waals surface area contributed by atoms with Crippen LogP contribution in [0.5, 0.6) is 0 Å². The maximum atomic E-state index is 4.83. The summed E-state index contributed by atoms with van der Waals surface area (Å²) in [6, 6.07) is 29.8. The Morgan fingerprint density at radius 2 is 0.853 bits per heavy atom. The van der Waals surface area contributed by atoms with Gasteiger partial charge in [-0.2, -0.15) is 10.2 Å². The second-order valence-electron chi connectivity index (χ2n) is 8.96.